The number of unbranched alkanes of at least 4 members (excludes halogenated alkanes) is 13. The molecule has 0 amide bonds. The van der Waals surface area contributed by atoms with Crippen LogP contribution in [-0.2, 0) is 4.79 Å². The first kappa shape index (κ1) is 24.4. The Labute approximate surface area is 156 Å². The predicted molar refractivity (Wildman–Crippen MR) is 108 cm³/mol. The quantitative estimate of drug-likeness (QED) is 0.211. The molecular formula is C21H45N2O2+. The number of hydrogen-bond donors (Lipinski definition) is 2. The average Bonchev–Trinajstić information content (AvgIpc) is 2.53. The highest BCUT2D eigenvalue weighted by Crippen LogP contribution is 2.21. The Morgan fingerprint density at radius 1 is 0.760 bits per heavy atom. The van der Waals surface area contributed by atoms with Gasteiger partial charge in [0.2, 0.25) is 5.66 Å². The summed E-state index contributed by atoms with van der Waals surface area (Å²) in [5, 5.41) is 9.43. The Kier molecular flexibility index (Phi) is 13.2. The van der Waals surface area contributed by atoms with Crippen LogP contribution < -0.4 is 5.73 Å². The molecule has 1 atom stereocenters. The fraction of sp³-hybridized carbons (Fsp3) is 0.952. The molecule has 0 saturated heterocycles. The van der Waals surface area contributed by atoms with Gasteiger partial charge >= 0.3 is 5.97 Å². The van der Waals surface area contributed by atoms with Crippen molar-refractivity contribution in [1.29, 1.82) is 0 Å². The molecule has 0 rings (SSSR count). The van der Waals surface area contributed by atoms with Gasteiger partial charge in [-0.15, -0.1) is 0 Å². The second-order valence-electron chi connectivity index (χ2n) is 8.59. The third kappa shape index (κ3) is 10.9. The lowest BCUT2D eigenvalue weighted by molar-refractivity contribution is -0.914. The van der Waals surface area contributed by atoms with Crippen LogP contribution in [0, 0.1) is 0 Å². The van der Waals surface area contributed by atoms with Crippen LogP contribution in [0.25, 0.3) is 0 Å². The number of carboxylic acids is 1. The number of aliphatic carboxylic acids is 1. The van der Waals surface area contributed by atoms with Crippen molar-refractivity contribution in [3.8, 4) is 0 Å². The summed E-state index contributed by atoms with van der Waals surface area (Å²) in [6, 6.07) is 0. The van der Waals surface area contributed by atoms with E-state index in [4.69, 9.17) is 5.73 Å². The normalized spacial score (nSPS) is 14.4. The molecule has 1 unspecified atom stereocenters. The maximum atomic E-state index is 11.5. The zero-order valence-electron chi connectivity index (χ0n) is 17.5. The van der Waals surface area contributed by atoms with Crippen LogP contribution in [0.15, 0.2) is 0 Å². The average molecular weight is 358 g/mol. The number of likely N-dealkylation sites (N-methyl/N-ethyl adjacent to an activating group) is 1. The summed E-state index contributed by atoms with van der Waals surface area (Å²) in [6.07, 6.45) is 18.8. The molecule has 0 bridgehead atoms. The van der Waals surface area contributed by atoms with Crippen LogP contribution in [0.1, 0.15) is 103 Å². The third-order valence-corrected chi connectivity index (χ3v) is 5.48. The van der Waals surface area contributed by atoms with Gasteiger partial charge in [-0.3, -0.25) is 5.73 Å². The van der Waals surface area contributed by atoms with Gasteiger partial charge in [-0.2, -0.15) is 0 Å². The van der Waals surface area contributed by atoms with Crippen molar-refractivity contribution >= 4 is 5.97 Å². The lowest BCUT2D eigenvalue weighted by Crippen LogP contribution is -2.67. The summed E-state index contributed by atoms with van der Waals surface area (Å²) < 4.78 is 0.265. The zero-order valence-corrected chi connectivity index (χ0v) is 17.5. The monoisotopic (exact) mass is 357 g/mol. The molecule has 150 valence electrons. The molecule has 3 N–H and O–H groups in total. The highest BCUT2D eigenvalue weighted by molar-refractivity contribution is 5.76. The van der Waals surface area contributed by atoms with Crippen LogP contribution in [0.5, 0.6) is 0 Å². The smallest absolute Gasteiger partial charge is 0.381 e. The van der Waals surface area contributed by atoms with Crippen LogP contribution in [0.2, 0.25) is 0 Å². The Balaban J connectivity index is 3.51. The molecule has 0 aromatic heterocycles. The van der Waals surface area contributed by atoms with Gasteiger partial charge in [0, 0.05) is 6.42 Å². The molecule has 0 aromatic carbocycles. The summed E-state index contributed by atoms with van der Waals surface area (Å²) in [5.74, 6) is -0.894. The zero-order chi connectivity index (χ0) is 19.2. The van der Waals surface area contributed by atoms with Crippen molar-refractivity contribution < 1.29 is 14.4 Å². The molecule has 4 nitrogen and oxygen atoms in total. The first-order valence-corrected chi connectivity index (χ1v) is 10.6. The molecule has 0 heterocycles. The van der Waals surface area contributed by atoms with Crippen molar-refractivity contribution in [1.82, 2.24) is 0 Å². The van der Waals surface area contributed by atoms with Crippen LogP contribution in [-0.4, -0.2) is 42.4 Å². The third-order valence-electron chi connectivity index (χ3n) is 5.48. The van der Waals surface area contributed by atoms with Crippen molar-refractivity contribution in [3.05, 3.63) is 0 Å². The van der Waals surface area contributed by atoms with E-state index in [1.165, 1.54) is 77.0 Å². The Morgan fingerprint density at radius 3 is 1.36 bits per heavy atom. The van der Waals surface area contributed by atoms with Gasteiger partial charge in [-0.1, -0.05) is 90.4 Å². The van der Waals surface area contributed by atoms with E-state index in [9.17, 15) is 9.90 Å². The van der Waals surface area contributed by atoms with Crippen LogP contribution in [0.3, 0.4) is 0 Å². The fourth-order valence-electron chi connectivity index (χ4n) is 3.32. The van der Waals surface area contributed by atoms with Crippen LogP contribution >= 0.6 is 0 Å². The molecule has 0 spiro atoms. The second-order valence-corrected chi connectivity index (χ2v) is 8.59. The number of rotatable bonds is 17. The van der Waals surface area contributed by atoms with Gasteiger partial charge < -0.3 is 9.59 Å². The fourth-order valence-corrected chi connectivity index (χ4v) is 3.32. The molecule has 0 aliphatic rings. The minimum atomic E-state index is -1.17. The Bertz CT molecular complexity index is 339. The van der Waals surface area contributed by atoms with E-state index >= 15 is 0 Å². The maximum Gasteiger partial charge on any atom is 0.381 e. The van der Waals surface area contributed by atoms with Gasteiger partial charge in [0.05, 0.1) is 21.1 Å². The van der Waals surface area contributed by atoms with E-state index < -0.39 is 11.6 Å². The number of quaternary nitrogens is 1. The summed E-state index contributed by atoms with van der Waals surface area (Å²) in [7, 11) is 5.58. The van der Waals surface area contributed by atoms with Crippen molar-refractivity contribution in [2.45, 2.75) is 109 Å². The van der Waals surface area contributed by atoms with E-state index in [0.717, 1.165) is 12.8 Å². The molecule has 0 saturated carbocycles. The molecule has 4 heteroatoms. The number of nitrogens with zero attached hydrogens (tertiary/aromatic N) is 1. The topological polar surface area (TPSA) is 63.3 Å². The SMILES string of the molecule is CCCCCCCCCCCCCCCCC(N)(C(=O)O)[N+](C)(C)C. The Morgan fingerprint density at radius 2 is 1.08 bits per heavy atom. The summed E-state index contributed by atoms with van der Waals surface area (Å²) in [4.78, 5) is 11.5. The van der Waals surface area contributed by atoms with E-state index in [1.54, 1.807) is 0 Å². The van der Waals surface area contributed by atoms with Gasteiger partial charge in [-0.05, 0) is 6.42 Å². The molecule has 0 aromatic rings. The molecule has 0 aliphatic carbocycles. The summed E-state index contributed by atoms with van der Waals surface area (Å²) in [5.41, 5.74) is 4.97. The molecule has 0 radical (unpaired) electrons. The van der Waals surface area contributed by atoms with Crippen LogP contribution in [0.4, 0.5) is 0 Å². The van der Waals surface area contributed by atoms with Crippen molar-refractivity contribution in [3.63, 3.8) is 0 Å². The van der Waals surface area contributed by atoms with E-state index in [-0.39, 0.29) is 4.48 Å². The van der Waals surface area contributed by atoms with Gasteiger partial charge in [-0.25, -0.2) is 4.79 Å². The number of hydrogen-bond acceptors (Lipinski definition) is 2. The second kappa shape index (κ2) is 13.6. The first-order valence-electron chi connectivity index (χ1n) is 10.6. The maximum absolute atomic E-state index is 11.5. The van der Waals surface area contributed by atoms with Gasteiger partial charge in [0.25, 0.3) is 0 Å². The Hall–Kier alpha value is -0.610. The molecule has 0 fully saturated rings. The highest BCUT2D eigenvalue weighted by atomic mass is 16.4. The lowest BCUT2D eigenvalue weighted by atomic mass is 9.98. The largest absolute Gasteiger partial charge is 0.476 e. The highest BCUT2D eigenvalue weighted by Gasteiger charge is 2.46. The molecule has 0 aliphatic heterocycles. The molecular weight excluding hydrogens is 312 g/mol. The predicted octanol–water partition coefficient (Wildman–Crippen LogP) is 5.30. The number of carbonyl (C=O) groups is 1. The van der Waals surface area contributed by atoms with Gasteiger partial charge in [0.15, 0.2) is 0 Å². The van der Waals surface area contributed by atoms with Gasteiger partial charge in [0.1, 0.15) is 0 Å². The number of carboxylic acid groups (broad SMARTS) is 1. The molecule has 25 heavy (non-hydrogen) atoms. The van der Waals surface area contributed by atoms with E-state index in [0.29, 0.717) is 6.42 Å². The summed E-state index contributed by atoms with van der Waals surface area (Å²) in [6.45, 7) is 2.27. The van der Waals surface area contributed by atoms with Crippen molar-refractivity contribution in [2.75, 3.05) is 21.1 Å². The number of nitrogens with two attached hydrogens (primary N) is 1. The first-order chi connectivity index (χ1) is 11.8. The summed E-state index contributed by atoms with van der Waals surface area (Å²) >= 11 is 0. The minimum Gasteiger partial charge on any atom is -0.476 e. The van der Waals surface area contributed by atoms with Crippen molar-refractivity contribution in [2.24, 2.45) is 5.73 Å². The van der Waals surface area contributed by atoms with E-state index in [2.05, 4.69) is 6.92 Å². The lowest BCUT2D eigenvalue weighted by Gasteiger charge is -2.39. The van der Waals surface area contributed by atoms with E-state index in [1.807, 2.05) is 21.1 Å². The standard InChI is InChI=1S/C21H44N2O2/c1-5-6-7-8-9-10-11-12-13-14-15-16-17-18-19-21(22,20(24)25)23(2,3)4/h5-19,22H2,1-4H3/p+1. The minimum absolute atomic E-state index is 0.265.